The van der Waals surface area contributed by atoms with Crippen molar-refractivity contribution in [2.45, 2.75) is 31.7 Å². The van der Waals surface area contributed by atoms with Crippen LogP contribution in [-0.2, 0) is 6.42 Å². The minimum Gasteiger partial charge on any atom is -0.478 e. The fourth-order valence-electron chi connectivity index (χ4n) is 5.69. The van der Waals surface area contributed by atoms with Gasteiger partial charge in [0.15, 0.2) is 0 Å². The summed E-state index contributed by atoms with van der Waals surface area (Å²) in [5.41, 5.74) is 4.80. The van der Waals surface area contributed by atoms with Crippen LogP contribution in [0.25, 0.3) is 11.0 Å². The Balaban J connectivity index is 1.20. The number of halogens is 1. The number of carboxylic acids is 1. The highest BCUT2D eigenvalue weighted by atomic mass is 79.9. The second-order valence-corrected chi connectivity index (χ2v) is 10.6. The number of aromatic amines is 1. The van der Waals surface area contributed by atoms with Crippen molar-refractivity contribution in [1.82, 2.24) is 14.9 Å². The second-order valence-electron chi connectivity index (χ2n) is 9.77. The zero-order valence-corrected chi connectivity index (χ0v) is 22.1. The molecule has 0 spiro atoms. The summed E-state index contributed by atoms with van der Waals surface area (Å²) in [6.07, 6.45) is 8.23. The lowest BCUT2D eigenvalue weighted by Gasteiger charge is -2.40. The quantitative estimate of drug-likeness (QED) is 0.274. The number of nitrogens with one attached hydrogen (secondary N) is 1. The number of nitrogens with zero attached hydrogens (tertiary/aromatic N) is 3. The first-order valence-electron chi connectivity index (χ1n) is 12.8. The number of rotatable bonds is 5. The number of fused-ring (bicyclic) bond motifs is 2. The number of benzene rings is 2. The third-order valence-corrected chi connectivity index (χ3v) is 8.33. The molecule has 0 amide bonds. The van der Waals surface area contributed by atoms with Crippen LogP contribution in [0.1, 0.15) is 46.8 Å². The Bertz CT molecular complexity index is 1440. The van der Waals surface area contributed by atoms with E-state index in [0.717, 1.165) is 49.3 Å². The number of aromatic nitrogens is 2. The van der Waals surface area contributed by atoms with Crippen molar-refractivity contribution in [3.8, 4) is 11.5 Å². The van der Waals surface area contributed by atoms with Crippen LogP contribution in [0.5, 0.6) is 11.5 Å². The van der Waals surface area contributed by atoms with Crippen molar-refractivity contribution in [2.75, 3.05) is 31.1 Å². The van der Waals surface area contributed by atoms with Crippen LogP contribution in [0.4, 0.5) is 5.69 Å². The van der Waals surface area contributed by atoms with E-state index in [4.69, 9.17) is 4.74 Å². The number of pyridine rings is 1. The monoisotopic (exact) mass is 560 g/mol. The molecule has 1 atom stereocenters. The fraction of sp³-hybridized carbons (Fsp3) is 0.310. The number of hydrogen-bond acceptors (Lipinski definition) is 5. The van der Waals surface area contributed by atoms with Crippen LogP contribution in [0.3, 0.4) is 0 Å². The average Bonchev–Trinajstić information content (AvgIpc) is 3.26. The maximum absolute atomic E-state index is 11.9. The van der Waals surface area contributed by atoms with E-state index in [-0.39, 0.29) is 5.56 Å². The van der Waals surface area contributed by atoms with Crippen LogP contribution in [0.15, 0.2) is 65.4 Å². The number of hydrogen-bond donors (Lipinski definition) is 2. The van der Waals surface area contributed by atoms with E-state index in [0.29, 0.717) is 17.5 Å². The number of ether oxygens (including phenoxy) is 1. The lowest BCUT2D eigenvalue weighted by Crippen LogP contribution is -2.47. The van der Waals surface area contributed by atoms with Gasteiger partial charge < -0.3 is 19.7 Å². The van der Waals surface area contributed by atoms with Crippen molar-refractivity contribution in [3.05, 3.63) is 82.1 Å². The molecule has 2 aromatic heterocycles. The van der Waals surface area contributed by atoms with Gasteiger partial charge in [-0.2, -0.15) is 0 Å². The van der Waals surface area contributed by atoms with E-state index in [1.807, 2.05) is 30.5 Å². The second kappa shape index (κ2) is 10.2. The smallest absolute Gasteiger partial charge is 0.339 e. The first-order chi connectivity index (χ1) is 18.1. The Morgan fingerprint density at radius 2 is 1.95 bits per heavy atom. The Labute approximate surface area is 224 Å². The van der Waals surface area contributed by atoms with E-state index in [1.165, 1.54) is 34.9 Å². The summed E-state index contributed by atoms with van der Waals surface area (Å²) in [5, 5.41) is 10.7. The topological polar surface area (TPSA) is 81.7 Å². The molecule has 2 aliphatic rings. The zero-order valence-electron chi connectivity index (χ0n) is 20.5. The SMILES string of the molecule is O=C(O)c1ccc(N2CCN([C@@H]3CCCCc4c(Br)cccc43)CC2)cc1Oc1cnc2[nH]ccc2c1. The number of anilines is 1. The van der Waals surface area contributed by atoms with E-state index in [1.54, 1.807) is 12.3 Å². The van der Waals surface area contributed by atoms with Gasteiger partial charge in [0.2, 0.25) is 0 Å². The predicted octanol–water partition coefficient (Wildman–Crippen LogP) is 6.41. The van der Waals surface area contributed by atoms with E-state index in [2.05, 4.69) is 53.9 Å². The highest BCUT2D eigenvalue weighted by Gasteiger charge is 2.29. The molecule has 2 aromatic carbocycles. The highest BCUT2D eigenvalue weighted by molar-refractivity contribution is 9.10. The molecule has 2 N–H and O–H groups in total. The van der Waals surface area contributed by atoms with Gasteiger partial charge in [0, 0.05) is 60.0 Å². The molecule has 1 aliphatic carbocycles. The molecule has 1 aliphatic heterocycles. The number of carboxylic acid groups (broad SMARTS) is 1. The van der Waals surface area contributed by atoms with E-state index in [9.17, 15) is 9.90 Å². The Kier molecular flexibility index (Phi) is 6.61. The van der Waals surface area contributed by atoms with E-state index < -0.39 is 5.97 Å². The summed E-state index contributed by atoms with van der Waals surface area (Å²) in [7, 11) is 0. The minimum atomic E-state index is -1.01. The van der Waals surface area contributed by atoms with Crippen LogP contribution in [-0.4, -0.2) is 52.1 Å². The molecule has 3 heterocycles. The van der Waals surface area contributed by atoms with Gasteiger partial charge in [-0.25, -0.2) is 9.78 Å². The van der Waals surface area contributed by atoms with Crippen molar-refractivity contribution in [2.24, 2.45) is 0 Å². The predicted molar refractivity (Wildman–Crippen MR) is 148 cm³/mol. The molecule has 1 saturated heterocycles. The van der Waals surface area contributed by atoms with Crippen LogP contribution in [0.2, 0.25) is 0 Å². The summed E-state index contributed by atoms with van der Waals surface area (Å²) in [6.45, 7) is 3.67. The van der Waals surface area contributed by atoms with Gasteiger partial charge in [0.1, 0.15) is 22.7 Å². The van der Waals surface area contributed by atoms with E-state index >= 15 is 0 Å². The first kappa shape index (κ1) is 24.0. The Morgan fingerprint density at radius 3 is 2.78 bits per heavy atom. The standard InChI is InChI=1S/C29H29BrN4O3/c30-25-6-3-5-23-22(25)4-1-2-7-26(23)34-14-12-33(13-15-34)20-8-9-24(29(35)36)27(17-20)37-21-16-19-10-11-31-28(19)32-18-21/h3,5-6,8-11,16-18,26H,1-2,4,7,12-15H2,(H,31,32)(H,35,36)/t26-/m1/s1. The van der Waals surface area contributed by atoms with Crippen molar-refractivity contribution in [1.29, 1.82) is 0 Å². The molecule has 0 bridgehead atoms. The molecule has 8 heteroatoms. The number of H-pyrrole nitrogens is 1. The summed E-state index contributed by atoms with van der Waals surface area (Å²) in [4.78, 5) is 24.3. The summed E-state index contributed by atoms with van der Waals surface area (Å²) < 4.78 is 7.29. The summed E-state index contributed by atoms with van der Waals surface area (Å²) >= 11 is 3.78. The van der Waals surface area contributed by atoms with Crippen LogP contribution >= 0.6 is 15.9 Å². The van der Waals surface area contributed by atoms with Gasteiger partial charge in [-0.05, 0) is 60.7 Å². The van der Waals surface area contributed by atoms with Crippen molar-refractivity contribution >= 4 is 38.6 Å². The molecule has 0 unspecified atom stereocenters. The molecule has 0 saturated carbocycles. The maximum atomic E-state index is 11.9. The van der Waals surface area contributed by atoms with Crippen LogP contribution < -0.4 is 9.64 Å². The molecular weight excluding hydrogens is 532 g/mol. The molecule has 6 rings (SSSR count). The van der Waals surface area contributed by atoms with Gasteiger partial charge in [0.05, 0.1) is 6.20 Å². The van der Waals surface area contributed by atoms with Gasteiger partial charge in [-0.15, -0.1) is 0 Å². The van der Waals surface area contributed by atoms with Gasteiger partial charge in [-0.3, -0.25) is 4.90 Å². The third kappa shape index (κ3) is 4.83. The summed E-state index contributed by atoms with van der Waals surface area (Å²) in [6, 6.07) is 16.2. The third-order valence-electron chi connectivity index (χ3n) is 7.59. The Morgan fingerprint density at radius 1 is 1.08 bits per heavy atom. The van der Waals surface area contributed by atoms with Crippen molar-refractivity contribution in [3.63, 3.8) is 0 Å². The maximum Gasteiger partial charge on any atom is 0.339 e. The zero-order chi connectivity index (χ0) is 25.4. The molecule has 190 valence electrons. The summed E-state index contributed by atoms with van der Waals surface area (Å²) in [5.74, 6) is -0.179. The first-order valence-corrected chi connectivity index (χ1v) is 13.6. The average molecular weight is 561 g/mol. The number of piperazine rings is 1. The van der Waals surface area contributed by atoms with Gasteiger partial charge >= 0.3 is 5.97 Å². The molecule has 4 aromatic rings. The lowest BCUT2D eigenvalue weighted by atomic mass is 9.97. The number of aromatic carboxylic acids is 1. The highest BCUT2D eigenvalue weighted by Crippen LogP contribution is 2.38. The normalized spacial score (nSPS) is 18.4. The molecular formula is C29H29BrN4O3. The Hall–Kier alpha value is -3.36. The van der Waals surface area contributed by atoms with Gasteiger partial charge in [0.25, 0.3) is 0 Å². The van der Waals surface area contributed by atoms with Crippen molar-refractivity contribution < 1.29 is 14.6 Å². The minimum absolute atomic E-state index is 0.136. The lowest BCUT2D eigenvalue weighted by molar-refractivity contribution is 0.0694. The molecule has 37 heavy (non-hydrogen) atoms. The number of carbonyl (C=O) groups is 1. The van der Waals surface area contributed by atoms with Gasteiger partial charge in [-0.1, -0.05) is 34.5 Å². The molecule has 7 nitrogen and oxygen atoms in total. The molecule has 1 fully saturated rings. The van der Waals surface area contributed by atoms with Crippen LogP contribution in [0, 0.1) is 0 Å². The fourth-order valence-corrected chi connectivity index (χ4v) is 6.27. The largest absolute Gasteiger partial charge is 0.478 e. The molecule has 0 radical (unpaired) electrons.